The van der Waals surface area contributed by atoms with E-state index in [1.54, 1.807) is 12.1 Å². The highest BCUT2D eigenvalue weighted by molar-refractivity contribution is 5.79. The highest BCUT2D eigenvalue weighted by Gasteiger charge is 2.23. The molecule has 0 spiro atoms. The summed E-state index contributed by atoms with van der Waals surface area (Å²) in [5.41, 5.74) is 6.12. The predicted octanol–water partition coefficient (Wildman–Crippen LogP) is 1.49. The van der Waals surface area contributed by atoms with E-state index in [2.05, 4.69) is 0 Å². The molecule has 1 aromatic carbocycles. The normalized spacial score (nSPS) is 15.6. The molecule has 1 heterocycles. The number of nitro benzene ring substituents is 1. The monoisotopic (exact) mass is 321 g/mol. The van der Waals surface area contributed by atoms with Crippen LogP contribution in [0, 0.1) is 10.1 Å². The highest BCUT2D eigenvalue weighted by atomic mass is 16.6. The summed E-state index contributed by atoms with van der Waals surface area (Å²) in [5.74, 6) is 0.00547. The standard InChI is InChI=1S/C16H23N3O4/c17-7-2-10-23-15-5-8-18(9-6-15)16(20)12-13-3-1-4-14(11-13)19(21)22/h1,3-4,11,15H,2,5-10,12,17H2. The number of rotatable bonds is 7. The molecular weight excluding hydrogens is 298 g/mol. The lowest BCUT2D eigenvalue weighted by Gasteiger charge is -2.32. The predicted molar refractivity (Wildman–Crippen MR) is 86.0 cm³/mol. The van der Waals surface area contributed by atoms with E-state index in [4.69, 9.17) is 10.5 Å². The van der Waals surface area contributed by atoms with E-state index in [0.717, 1.165) is 19.3 Å². The molecule has 1 aliphatic heterocycles. The number of hydrogen-bond donors (Lipinski definition) is 1. The average Bonchev–Trinajstić information content (AvgIpc) is 2.56. The van der Waals surface area contributed by atoms with Crippen molar-refractivity contribution in [1.82, 2.24) is 4.90 Å². The van der Waals surface area contributed by atoms with Gasteiger partial charge in [0.2, 0.25) is 5.91 Å². The molecule has 2 N–H and O–H groups in total. The van der Waals surface area contributed by atoms with Gasteiger partial charge in [0.15, 0.2) is 0 Å². The summed E-state index contributed by atoms with van der Waals surface area (Å²) in [5, 5.41) is 10.8. The number of carbonyl (C=O) groups is 1. The lowest BCUT2D eigenvalue weighted by Crippen LogP contribution is -2.41. The molecule has 2 rings (SSSR count). The van der Waals surface area contributed by atoms with Crippen molar-refractivity contribution in [3.63, 3.8) is 0 Å². The molecule has 1 saturated heterocycles. The lowest BCUT2D eigenvalue weighted by atomic mass is 10.1. The van der Waals surface area contributed by atoms with E-state index in [1.807, 2.05) is 4.90 Å². The summed E-state index contributed by atoms with van der Waals surface area (Å²) in [6, 6.07) is 6.24. The second kappa shape index (κ2) is 8.59. The zero-order valence-corrected chi connectivity index (χ0v) is 13.1. The van der Waals surface area contributed by atoms with Gasteiger partial charge < -0.3 is 15.4 Å². The molecule has 23 heavy (non-hydrogen) atoms. The summed E-state index contributed by atoms with van der Waals surface area (Å²) in [6.07, 6.45) is 2.89. The number of ether oxygens (including phenoxy) is 1. The number of likely N-dealkylation sites (tertiary alicyclic amines) is 1. The summed E-state index contributed by atoms with van der Waals surface area (Å²) in [7, 11) is 0. The molecule has 0 bridgehead atoms. The fourth-order valence-corrected chi connectivity index (χ4v) is 2.67. The number of nitrogens with two attached hydrogens (primary N) is 1. The van der Waals surface area contributed by atoms with E-state index in [9.17, 15) is 14.9 Å². The van der Waals surface area contributed by atoms with Crippen LogP contribution in [0.2, 0.25) is 0 Å². The molecule has 126 valence electrons. The molecule has 1 aromatic rings. The second-order valence-electron chi connectivity index (χ2n) is 5.70. The molecule has 0 aromatic heterocycles. The van der Waals surface area contributed by atoms with E-state index >= 15 is 0 Å². The molecule has 7 nitrogen and oxygen atoms in total. The number of nitro groups is 1. The Morgan fingerprint density at radius 3 is 2.78 bits per heavy atom. The first-order valence-corrected chi connectivity index (χ1v) is 7.93. The van der Waals surface area contributed by atoms with Gasteiger partial charge in [0.05, 0.1) is 17.4 Å². The maximum absolute atomic E-state index is 12.3. The van der Waals surface area contributed by atoms with Gasteiger partial charge in [-0.25, -0.2) is 0 Å². The molecule has 0 atom stereocenters. The Morgan fingerprint density at radius 2 is 2.13 bits per heavy atom. The minimum absolute atomic E-state index is 0.00547. The molecule has 1 amide bonds. The van der Waals surface area contributed by atoms with E-state index < -0.39 is 4.92 Å². The Kier molecular flexibility index (Phi) is 6.49. The van der Waals surface area contributed by atoms with Crippen LogP contribution in [0.25, 0.3) is 0 Å². The van der Waals surface area contributed by atoms with Gasteiger partial charge in [-0.3, -0.25) is 14.9 Å². The summed E-state index contributed by atoms with van der Waals surface area (Å²) >= 11 is 0. The van der Waals surface area contributed by atoms with Crippen LogP contribution in [0.1, 0.15) is 24.8 Å². The fourth-order valence-electron chi connectivity index (χ4n) is 2.67. The molecule has 1 fully saturated rings. The van der Waals surface area contributed by atoms with Crippen LogP contribution in [0.5, 0.6) is 0 Å². The molecule has 0 unspecified atom stereocenters. The summed E-state index contributed by atoms with van der Waals surface area (Å²) in [6.45, 7) is 2.63. The minimum Gasteiger partial charge on any atom is -0.378 e. The minimum atomic E-state index is -0.446. The van der Waals surface area contributed by atoms with Crippen LogP contribution in [0.3, 0.4) is 0 Å². The van der Waals surface area contributed by atoms with Crippen molar-refractivity contribution in [2.24, 2.45) is 5.73 Å². The van der Waals surface area contributed by atoms with Crippen molar-refractivity contribution in [3.8, 4) is 0 Å². The van der Waals surface area contributed by atoms with Crippen LogP contribution in [-0.4, -0.2) is 48.1 Å². The van der Waals surface area contributed by atoms with Crippen molar-refractivity contribution < 1.29 is 14.5 Å². The third kappa shape index (κ3) is 5.30. The summed E-state index contributed by atoms with van der Waals surface area (Å²) < 4.78 is 5.72. The van der Waals surface area contributed by atoms with E-state index in [-0.39, 0.29) is 24.1 Å². The number of hydrogen-bond acceptors (Lipinski definition) is 5. The second-order valence-corrected chi connectivity index (χ2v) is 5.70. The summed E-state index contributed by atoms with van der Waals surface area (Å²) in [4.78, 5) is 24.4. The van der Waals surface area contributed by atoms with Crippen LogP contribution >= 0.6 is 0 Å². The molecule has 0 radical (unpaired) electrons. The third-order valence-corrected chi connectivity index (χ3v) is 3.97. The SMILES string of the molecule is NCCCOC1CCN(C(=O)Cc2cccc([N+](=O)[O-])c2)CC1. The van der Waals surface area contributed by atoms with Crippen LogP contribution in [0.15, 0.2) is 24.3 Å². The van der Waals surface area contributed by atoms with E-state index in [1.165, 1.54) is 12.1 Å². The zero-order valence-electron chi connectivity index (χ0n) is 13.1. The number of benzene rings is 1. The number of amides is 1. The van der Waals surface area contributed by atoms with Gasteiger partial charge in [-0.2, -0.15) is 0 Å². The van der Waals surface area contributed by atoms with Crippen molar-refractivity contribution in [1.29, 1.82) is 0 Å². The molecule has 0 saturated carbocycles. The Bertz CT molecular complexity index is 542. The van der Waals surface area contributed by atoms with E-state index in [0.29, 0.717) is 31.8 Å². The number of carbonyl (C=O) groups excluding carboxylic acids is 1. The van der Waals surface area contributed by atoms with Gasteiger partial charge in [0.25, 0.3) is 5.69 Å². The largest absolute Gasteiger partial charge is 0.378 e. The first-order chi connectivity index (χ1) is 11.1. The maximum atomic E-state index is 12.3. The van der Waals surface area contributed by atoms with Crippen molar-refractivity contribution in [3.05, 3.63) is 39.9 Å². The lowest BCUT2D eigenvalue weighted by molar-refractivity contribution is -0.384. The molecule has 0 aliphatic carbocycles. The maximum Gasteiger partial charge on any atom is 0.269 e. The van der Waals surface area contributed by atoms with Crippen LogP contribution < -0.4 is 5.73 Å². The van der Waals surface area contributed by atoms with Crippen LogP contribution in [0.4, 0.5) is 5.69 Å². The van der Waals surface area contributed by atoms with Crippen molar-refractivity contribution in [2.45, 2.75) is 31.8 Å². The Labute approximate surface area is 135 Å². The van der Waals surface area contributed by atoms with Gasteiger partial charge in [0.1, 0.15) is 0 Å². The Balaban J connectivity index is 1.81. The first-order valence-electron chi connectivity index (χ1n) is 7.93. The number of piperidine rings is 1. The molecular formula is C16H23N3O4. The van der Waals surface area contributed by atoms with Crippen molar-refractivity contribution in [2.75, 3.05) is 26.2 Å². The zero-order chi connectivity index (χ0) is 16.7. The highest BCUT2D eigenvalue weighted by Crippen LogP contribution is 2.17. The van der Waals surface area contributed by atoms with Gasteiger partial charge in [-0.05, 0) is 31.4 Å². The van der Waals surface area contributed by atoms with Gasteiger partial charge >= 0.3 is 0 Å². The smallest absolute Gasteiger partial charge is 0.269 e. The fraction of sp³-hybridized carbons (Fsp3) is 0.562. The van der Waals surface area contributed by atoms with Gasteiger partial charge in [0, 0.05) is 31.8 Å². The number of nitrogens with zero attached hydrogens (tertiary/aromatic N) is 2. The first kappa shape index (κ1) is 17.4. The van der Waals surface area contributed by atoms with Gasteiger partial charge in [-0.1, -0.05) is 12.1 Å². The Hall–Kier alpha value is -1.99. The average molecular weight is 321 g/mol. The van der Waals surface area contributed by atoms with Crippen molar-refractivity contribution >= 4 is 11.6 Å². The Morgan fingerprint density at radius 1 is 1.39 bits per heavy atom. The van der Waals surface area contributed by atoms with Crippen LogP contribution in [-0.2, 0) is 16.0 Å². The topological polar surface area (TPSA) is 98.7 Å². The molecule has 1 aliphatic rings. The quantitative estimate of drug-likeness (QED) is 0.466. The molecule has 7 heteroatoms. The third-order valence-electron chi connectivity index (χ3n) is 3.97. The van der Waals surface area contributed by atoms with Gasteiger partial charge in [-0.15, -0.1) is 0 Å². The number of non-ortho nitro benzene ring substituents is 1.